The van der Waals surface area contributed by atoms with Gasteiger partial charge >= 0.3 is 5.97 Å². The van der Waals surface area contributed by atoms with Crippen LogP contribution in [0, 0.1) is 0 Å². The quantitative estimate of drug-likeness (QED) is 0.656. The fourth-order valence-electron chi connectivity index (χ4n) is 2.36. The van der Waals surface area contributed by atoms with Crippen LogP contribution in [0.15, 0.2) is 54.9 Å². The number of para-hydroxylation sites is 1. The number of aromatic carboxylic acids is 1. The van der Waals surface area contributed by atoms with Crippen LogP contribution in [-0.2, 0) is 6.54 Å². The molecule has 0 atom stereocenters. The maximum atomic E-state index is 11.0. The number of benzene rings is 1. The molecule has 134 valence electrons. The van der Waals surface area contributed by atoms with Crippen LogP contribution < -0.4 is 4.74 Å². The van der Waals surface area contributed by atoms with Crippen molar-refractivity contribution in [2.24, 2.45) is 0 Å². The van der Waals surface area contributed by atoms with E-state index in [9.17, 15) is 4.79 Å². The SMILES string of the molecule is CN(CCOc1ccccc1)Cc1cnc(-c2ccc(C(=O)O)s2)nc1. The lowest BCUT2D eigenvalue weighted by Gasteiger charge is -2.16. The minimum Gasteiger partial charge on any atom is -0.492 e. The highest BCUT2D eigenvalue weighted by Crippen LogP contribution is 2.25. The van der Waals surface area contributed by atoms with Crippen LogP contribution >= 0.6 is 11.3 Å². The summed E-state index contributed by atoms with van der Waals surface area (Å²) in [5.41, 5.74) is 0.992. The summed E-state index contributed by atoms with van der Waals surface area (Å²) < 4.78 is 5.69. The van der Waals surface area contributed by atoms with E-state index in [0.29, 0.717) is 19.0 Å². The van der Waals surface area contributed by atoms with Crippen LogP contribution in [0.1, 0.15) is 15.2 Å². The third-order valence-corrected chi connectivity index (χ3v) is 4.75. The van der Waals surface area contributed by atoms with Crippen molar-refractivity contribution in [3.8, 4) is 16.5 Å². The van der Waals surface area contributed by atoms with E-state index in [1.54, 1.807) is 24.5 Å². The van der Waals surface area contributed by atoms with Crippen molar-refractivity contribution in [2.45, 2.75) is 6.54 Å². The van der Waals surface area contributed by atoms with E-state index in [2.05, 4.69) is 14.9 Å². The van der Waals surface area contributed by atoms with E-state index >= 15 is 0 Å². The van der Waals surface area contributed by atoms with Gasteiger partial charge in [0, 0.05) is 31.0 Å². The van der Waals surface area contributed by atoms with Crippen molar-refractivity contribution in [2.75, 3.05) is 20.2 Å². The summed E-state index contributed by atoms with van der Waals surface area (Å²) in [5, 5.41) is 8.99. The summed E-state index contributed by atoms with van der Waals surface area (Å²) in [4.78, 5) is 22.8. The molecule has 26 heavy (non-hydrogen) atoms. The molecule has 0 saturated carbocycles. The first-order valence-corrected chi connectivity index (χ1v) is 8.94. The highest BCUT2D eigenvalue weighted by molar-refractivity contribution is 7.17. The number of aromatic nitrogens is 2. The molecule has 0 aliphatic carbocycles. The second-order valence-corrected chi connectivity index (χ2v) is 6.87. The van der Waals surface area contributed by atoms with E-state index in [1.165, 1.54) is 11.3 Å². The number of carbonyl (C=O) groups is 1. The number of thiophene rings is 1. The number of carboxylic acids is 1. The van der Waals surface area contributed by atoms with Crippen molar-refractivity contribution in [3.63, 3.8) is 0 Å². The first-order valence-electron chi connectivity index (χ1n) is 8.12. The number of rotatable bonds is 8. The summed E-state index contributed by atoms with van der Waals surface area (Å²) in [6, 6.07) is 13.0. The molecule has 0 amide bonds. The molecule has 0 bridgehead atoms. The molecular formula is C19H19N3O3S. The van der Waals surface area contributed by atoms with Gasteiger partial charge in [0.1, 0.15) is 17.2 Å². The molecule has 3 rings (SSSR count). The minimum atomic E-state index is -0.933. The first kappa shape index (κ1) is 18.0. The Labute approximate surface area is 155 Å². The van der Waals surface area contributed by atoms with E-state index in [1.807, 2.05) is 37.4 Å². The normalized spacial score (nSPS) is 10.8. The number of nitrogens with zero attached hydrogens (tertiary/aromatic N) is 3. The largest absolute Gasteiger partial charge is 0.492 e. The fourth-order valence-corrected chi connectivity index (χ4v) is 3.16. The topological polar surface area (TPSA) is 75.5 Å². The van der Waals surface area contributed by atoms with Gasteiger partial charge in [0.05, 0.1) is 4.88 Å². The Morgan fingerprint density at radius 1 is 1.15 bits per heavy atom. The lowest BCUT2D eigenvalue weighted by molar-refractivity contribution is 0.0702. The molecule has 2 aromatic heterocycles. The summed E-state index contributed by atoms with van der Waals surface area (Å²) in [5.74, 6) is 0.476. The van der Waals surface area contributed by atoms with Crippen LogP contribution in [-0.4, -0.2) is 46.1 Å². The van der Waals surface area contributed by atoms with Crippen molar-refractivity contribution in [1.82, 2.24) is 14.9 Å². The fraction of sp³-hybridized carbons (Fsp3) is 0.211. The predicted octanol–water partition coefficient (Wildman–Crippen LogP) is 3.41. The van der Waals surface area contributed by atoms with E-state index < -0.39 is 5.97 Å². The third kappa shape index (κ3) is 4.87. The van der Waals surface area contributed by atoms with Crippen molar-refractivity contribution in [1.29, 1.82) is 0 Å². The summed E-state index contributed by atoms with van der Waals surface area (Å²) in [6.07, 6.45) is 3.55. The van der Waals surface area contributed by atoms with Gasteiger partial charge in [-0.2, -0.15) is 0 Å². The maximum Gasteiger partial charge on any atom is 0.345 e. The number of likely N-dealkylation sites (N-methyl/N-ethyl adjacent to an activating group) is 1. The molecule has 3 aromatic rings. The Hall–Kier alpha value is -2.77. The lowest BCUT2D eigenvalue weighted by Crippen LogP contribution is -2.24. The molecular weight excluding hydrogens is 350 g/mol. The molecule has 6 nitrogen and oxygen atoms in total. The summed E-state index contributed by atoms with van der Waals surface area (Å²) in [6.45, 7) is 2.10. The van der Waals surface area contributed by atoms with Gasteiger partial charge in [0.2, 0.25) is 0 Å². The van der Waals surface area contributed by atoms with Crippen molar-refractivity contribution >= 4 is 17.3 Å². The number of hydrogen-bond donors (Lipinski definition) is 1. The molecule has 1 aromatic carbocycles. The summed E-state index contributed by atoms with van der Waals surface area (Å²) in [7, 11) is 2.01. The van der Waals surface area contributed by atoms with Gasteiger partial charge in [0.25, 0.3) is 0 Å². The average molecular weight is 369 g/mol. The number of ether oxygens (including phenoxy) is 1. The molecule has 0 fully saturated rings. The molecule has 1 N–H and O–H groups in total. The zero-order chi connectivity index (χ0) is 18.4. The summed E-state index contributed by atoms with van der Waals surface area (Å²) >= 11 is 1.17. The molecule has 2 heterocycles. The highest BCUT2D eigenvalue weighted by Gasteiger charge is 2.10. The maximum absolute atomic E-state index is 11.0. The van der Waals surface area contributed by atoms with Gasteiger partial charge in [-0.05, 0) is 31.3 Å². The van der Waals surface area contributed by atoms with Gasteiger partial charge in [-0.15, -0.1) is 11.3 Å². The van der Waals surface area contributed by atoms with E-state index in [0.717, 1.165) is 22.7 Å². The molecule has 0 saturated heterocycles. The molecule has 0 aliphatic rings. The zero-order valence-corrected chi connectivity index (χ0v) is 15.1. The van der Waals surface area contributed by atoms with Gasteiger partial charge < -0.3 is 9.84 Å². The molecule has 0 spiro atoms. The number of hydrogen-bond acceptors (Lipinski definition) is 6. The first-order chi connectivity index (χ1) is 12.6. The monoisotopic (exact) mass is 369 g/mol. The van der Waals surface area contributed by atoms with Crippen LogP contribution in [0.25, 0.3) is 10.7 Å². The Morgan fingerprint density at radius 3 is 2.54 bits per heavy atom. The molecule has 0 radical (unpaired) electrons. The predicted molar refractivity (Wildman–Crippen MR) is 101 cm³/mol. The van der Waals surface area contributed by atoms with Crippen LogP contribution in [0.5, 0.6) is 5.75 Å². The average Bonchev–Trinajstić information content (AvgIpc) is 3.14. The molecule has 0 unspecified atom stereocenters. The Kier molecular flexibility index (Phi) is 5.93. The Morgan fingerprint density at radius 2 is 1.88 bits per heavy atom. The number of carboxylic acid groups (broad SMARTS) is 1. The van der Waals surface area contributed by atoms with Gasteiger partial charge in [-0.25, -0.2) is 14.8 Å². The third-order valence-electron chi connectivity index (χ3n) is 3.68. The minimum absolute atomic E-state index is 0.283. The van der Waals surface area contributed by atoms with E-state index in [4.69, 9.17) is 9.84 Å². The molecule has 0 aliphatic heterocycles. The standard InChI is InChI=1S/C19H19N3O3S/c1-22(9-10-25-15-5-3-2-4-6-15)13-14-11-20-18(21-12-14)16-7-8-17(26-16)19(23)24/h2-8,11-12H,9-10,13H2,1H3,(H,23,24). The van der Waals surface area contributed by atoms with Gasteiger partial charge in [-0.1, -0.05) is 18.2 Å². The van der Waals surface area contributed by atoms with Crippen LogP contribution in [0.3, 0.4) is 0 Å². The Balaban J connectivity index is 1.51. The van der Waals surface area contributed by atoms with Gasteiger partial charge in [0.15, 0.2) is 5.82 Å². The lowest BCUT2D eigenvalue weighted by atomic mass is 10.3. The zero-order valence-electron chi connectivity index (χ0n) is 14.3. The van der Waals surface area contributed by atoms with Crippen LogP contribution in [0.4, 0.5) is 0 Å². The Bertz CT molecular complexity index is 850. The van der Waals surface area contributed by atoms with Gasteiger partial charge in [-0.3, -0.25) is 4.90 Å². The second-order valence-electron chi connectivity index (χ2n) is 5.78. The van der Waals surface area contributed by atoms with Crippen molar-refractivity contribution < 1.29 is 14.6 Å². The van der Waals surface area contributed by atoms with Crippen LogP contribution in [0.2, 0.25) is 0 Å². The molecule has 7 heteroatoms. The smallest absolute Gasteiger partial charge is 0.345 e. The van der Waals surface area contributed by atoms with E-state index in [-0.39, 0.29) is 4.88 Å². The van der Waals surface area contributed by atoms with Crippen molar-refractivity contribution in [3.05, 3.63) is 65.3 Å². The second kappa shape index (κ2) is 8.55. The highest BCUT2D eigenvalue weighted by atomic mass is 32.1.